The lowest BCUT2D eigenvalue weighted by atomic mass is 10.2. The van der Waals surface area contributed by atoms with Gasteiger partial charge in [-0.25, -0.2) is 18.4 Å². The zero-order valence-electron chi connectivity index (χ0n) is 10.2. The molecule has 2 rings (SSSR count). The van der Waals surface area contributed by atoms with E-state index in [0.717, 1.165) is 6.07 Å². The second kappa shape index (κ2) is 5.63. The summed E-state index contributed by atoms with van der Waals surface area (Å²) in [4.78, 5) is 14.8. The van der Waals surface area contributed by atoms with Gasteiger partial charge in [-0.15, -0.1) is 0 Å². The maximum atomic E-state index is 13.4. The fourth-order valence-electron chi connectivity index (χ4n) is 1.49. The fraction of sp³-hybridized carbons (Fsp3) is 0. The van der Waals surface area contributed by atoms with E-state index in [-0.39, 0.29) is 17.3 Å². The minimum absolute atomic E-state index is 0.00158. The van der Waals surface area contributed by atoms with E-state index < -0.39 is 35.0 Å². The molecule has 2 aromatic carbocycles. The van der Waals surface area contributed by atoms with Gasteiger partial charge < -0.3 is 4.74 Å². The average molecular weight is 295 g/mol. The van der Waals surface area contributed by atoms with Crippen molar-refractivity contribution in [1.29, 1.82) is 0 Å². The summed E-state index contributed by atoms with van der Waals surface area (Å²) in [5.41, 5.74) is -0.0946. The largest absolute Gasteiger partial charge is 0.416 e. The zero-order chi connectivity index (χ0) is 15.6. The molecular formula is C14H5F4NO2. The summed E-state index contributed by atoms with van der Waals surface area (Å²) in [6.45, 7) is 6.78. The third kappa shape index (κ3) is 2.84. The highest BCUT2D eigenvalue weighted by Gasteiger charge is 2.23. The quantitative estimate of drug-likeness (QED) is 0.275. The highest BCUT2D eigenvalue weighted by molar-refractivity contribution is 5.92. The van der Waals surface area contributed by atoms with Crippen LogP contribution < -0.4 is 4.74 Å². The Kier molecular flexibility index (Phi) is 3.89. The Balaban J connectivity index is 2.38. The summed E-state index contributed by atoms with van der Waals surface area (Å²) in [5.74, 6) is -9.72. The van der Waals surface area contributed by atoms with Crippen LogP contribution in [0.3, 0.4) is 0 Å². The molecule has 2 aromatic rings. The van der Waals surface area contributed by atoms with Gasteiger partial charge in [0.15, 0.2) is 17.3 Å². The molecule has 0 aromatic heterocycles. The number of rotatable bonds is 2. The van der Waals surface area contributed by atoms with Crippen LogP contribution in [0.1, 0.15) is 10.4 Å². The van der Waals surface area contributed by atoms with Gasteiger partial charge in [0.2, 0.25) is 17.4 Å². The highest BCUT2D eigenvalue weighted by Crippen LogP contribution is 2.27. The van der Waals surface area contributed by atoms with Crippen LogP contribution >= 0.6 is 0 Å². The average Bonchev–Trinajstić information content (AvgIpc) is 2.49. The summed E-state index contributed by atoms with van der Waals surface area (Å²) < 4.78 is 57.0. The molecule has 0 atom stereocenters. The molecule has 21 heavy (non-hydrogen) atoms. The fourth-order valence-corrected chi connectivity index (χ4v) is 1.49. The lowest BCUT2D eigenvalue weighted by Crippen LogP contribution is -2.12. The van der Waals surface area contributed by atoms with E-state index in [1.165, 1.54) is 18.2 Å². The molecule has 0 saturated carbocycles. The van der Waals surface area contributed by atoms with Crippen LogP contribution in [0.2, 0.25) is 0 Å². The first kappa shape index (κ1) is 14.5. The van der Waals surface area contributed by atoms with Crippen LogP contribution in [0.5, 0.6) is 5.75 Å². The van der Waals surface area contributed by atoms with E-state index in [1.807, 2.05) is 0 Å². The molecule has 0 aliphatic carbocycles. The van der Waals surface area contributed by atoms with Crippen molar-refractivity contribution in [1.82, 2.24) is 0 Å². The van der Waals surface area contributed by atoms with Gasteiger partial charge in [0, 0.05) is 11.6 Å². The molecule has 0 heterocycles. The van der Waals surface area contributed by atoms with E-state index in [1.54, 1.807) is 0 Å². The van der Waals surface area contributed by atoms with E-state index in [4.69, 9.17) is 6.57 Å². The van der Waals surface area contributed by atoms with Crippen LogP contribution in [-0.4, -0.2) is 5.97 Å². The van der Waals surface area contributed by atoms with Crippen molar-refractivity contribution in [2.45, 2.75) is 0 Å². The maximum Gasteiger partial charge on any atom is 0.342 e. The van der Waals surface area contributed by atoms with E-state index in [9.17, 15) is 22.4 Å². The second-order valence-electron chi connectivity index (χ2n) is 3.85. The van der Waals surface area contributed by atoms with Gasteiger partial charge in [0.1, 0.15) is 0 Å². The van der Waals surface area contributed by atoms with Gasteiger partial charge in [-0.3, -0.25) is 0 Å². The molecule has 0 amide bonds. The summed E-state index contributed by atoms with van der Waals surface area (Å²) in [6.07, 6.45) is 0. The van der Waals surface area contributed by atoms with Crippen molar-refractivity contribution in [2.75, 3.05) is 0 Å². The third-order valence-corrected chi connectivity index (χ3v) is 2.48. The summed E-state index contributed by atoms with van der Waals surface area (Å²) >= 11 is 0. The molecule has 0 saturated heterocycles. The van der Waals surface area contributed by atoms with Crippen molar-refractivity contribution >= 4 is 11.7 Å². The molecule has 0 radical (unpaired) electrons. The molecule has 106 valence electrons. The lowest BCUT2D eigenvalue weighted by Gasteiger charge is -2.08. The SMILES string of the molecule is [C-]#[N+]c1cccc(C(=O)Oc2c(F)c(F)cc(F)c2F)c1. The molecule has 0 unspecified atom stereocenters. The van der Waals surface area contributed by atoms with Gasteiger partial charge >= 0.3 is 5.97 Å². The van der Waals surface area contributed by atoms with Crippen LogP contribution in [-0.2, 0) is 0 Å². The standard InChI is InChI=1S/C14H5F4NO2/c1-19-8-4-2-3-7(5-8)14(20)21-13-11(17)9(15)6-10(16)12(13)18/h2-6H. The number of hydrogen-bond donors (Lipinski definition) is 0. The number of halogens is 4. The third-order valence-electron chi connectivity index (χ3n) is 2.48. The molecular weight excluding hydrogens is 290 g/mol. The van der Waals surface area contributed by atoms with E-state index >= 15 is 0 Å². The van der Waals surface area contributed by atoms with Crippen molar-refractivity contribution in [3.05, 3.63) is 70.6 Å². The normalized spacial score (nSPS) is 10.0. The minimum atomic E-state index is -1.82. The predicted molar refractivity (Wildman–Crippen MR) is 63.9 cm³/mol. The van der Waals surface area contributed by atoms with Gasteiger partial charge in [-0.2, -0.15) is 8.78 Å². The Morgan fingerprint density at radius 3 is 2.24 bits per heavy atom. The Hall–Kier alpha value is -2.88. The lowest BCUT2D eigenvalue weighted by molar-refractivity contribution is 0.0717. The Labute approximate surface area is 116 Å². The molecule has 0 aliphatic rings. The first-order chi connectivity index (χ1) is 9.93. The summed E-state index contributed by atoms with van der Waals surface area (Å²) in [6, 6.07) is 5.08. The second-order valence-corrected chi connectivity index (χ2v) is 3.85. The molecule has 3 nitrogen and oxygen atoms in total. The minimum Gasteiger partial charge on any atom is -0.416 e. The highest BCUT2D eigenvalue weighted by atomic mass is 19.2. The molecule has 0 spiro atoms. The Bertz CT molecular complexity index is 742. The number of esters is 1. The summed E-state index contributed by atoms with van der Waals surface area (Å²) in [5, 5.41) is 0. The van der Waals surface area contributed by atoms with Crippen molar-refractivity contribution in [3.8, 4) is 5.75 Å². The molecule has 0 aliphatic heterocycles. The zero-order valence-corrected chi connectivity index (χ0v) is 10.2. The number of nitrogens with zero attached hydrogens (tertiary/aromatic N) is 1. The van der Waals surface area contributed by atoms with Gasteiger partial charge in [0.25, 0.3) is 0 Å². The van der Waals surface area contributed by atoms with Gasteiger partial charge in [-0.1, -0.05) is 18.2 Å². The first-order valence-corrected chi connectivity index (χ1v) is 5.46. The number of carbonyl (C=O) groups is 1. The molecule has 0 fully saturated rings. The van der Waals surface area contributed by atoms with E-state index in [2.05, 4.69) is 9.58 Å². The maximum absolute atomic E-state index is 13.4. The van der Waals surface area contributed by atoms with Crippen molar-refractivity contribution in [2.24, 2.45) is 0 Å². The monoisotopic (exact) mass is 295 g/mol. The topological polar surface area (TPSA) is 30.7 Å². The Morgan fingerprint density at radius 1 is 1.05 bits per heavy atom. The van der Waals surface area contributed by atoms with Gasteiger partial charge in [-0.05, 0) is 6.07 Å². The van der Waals surface area contributed by atoms with Crippen LogP contribution in [0.15, 0.2) is 30.3 Å². The smallest absolute Gasteiger partial charge is 0.342 e. The summed E-state index contributed by atoms with van der Waals surface area (Å²) in [7, 11) is 0. The number of benzene rings is 2. The number of hydrogen-bond acceptors (Lipinski definition) is 2. The van der Waals surface area contributed by atoms with Gasteiger partial charge in [0.05, 0.1) is 6.57 Å². The number of ether oxygens (including phenoxy) is 1. The van der Waals surface area contributed by atoms with E-state index in [0.29, 0.717) is 0 Å². The first-order valence-electron chi connectivity index (χ1n) is 5.46. The van der Waals surface area contributed by atoms with Crippen LogP contribution in [0.4, 0.5) is 23.2 Å². The molecule has 0 N–H and O–H groups in total. The molecule has 7 heteroatoms. The van der Waals surface area contributed by atoms with Crippen molar-refractivity contribution < 1.29 is 27.1 Å². The van der Waals surface area contributed by atoms with Crippen molar-refractivity contribution in [3.63, 3.8) is 0 Å². The van der Waals surface area contributed by atoms with Crippen LogP contribution in [0, 0.1) is 29.8 Å². The predicted octanol–water partition coefficient (Wildman–Crippen LogP) is 4.01. The number of carbonyl (C=O) groups excluding carboxylic acids is 1. The molecule has 0 bridgehead atoms. The Morgan fingerprint density at radius 2 is 1.67 bits per heavy atom. The van der Waals surface area contributed by atoms with Crippen LogP contribution in [0.25, 0.3) is 4.85 Å².